The standard InChI is InChI=1S/C21H21FN4O/c1-23-21(27)15-8-12(5-6-17(15)22)18-9-13-10-25(2)11-16-14-4-3-7-24-20(14)26(18)19(13)16/h3-8,13,18H,9-11H2,1-2H3,(H,23,27). The first-order valence-electron chi connectivity index (χ1n) is 9.26. The van der Waals surface area contributed by atoms with Gasteiger partial charge in [0, 0.05) is 43.3 Å². The first-order chi connectivity index (χ1) is 13.1. The second kappa shape index (κ2) is 5.89. The number of nitrogens with one attached hydrogen (secondary N) is 1. The van der Waals surface area contributed by atoms with Crippen LogP contribution in [0.4, 0.5) is 4.39 Å². The zero-order valence-electron chi connectivity index (χ0n) is 15.4. The van der Waals surface area contributed by atoms with E-state index in [2.05, 4.69) is 32.9 Å². The quantitative estimate of drug-likeness (QED) is 0.760. The van der Waals surface area contributed by atoms with Crippen LogP contribution in [0, 0.1) is 5.82 Å². The largest absolute Gasteiger partial charge is 0.355 e. The van der Waals surface area contributed by atoms with Crippen molar-refractivity contribution in [3.05, 3.63) is 64.7 Å². The van der Waals surface area contributed by atoms with Gasteiger partial charge in [-0.05, 0) is 48.9 Å². The van der Waals surface area contributed by atoms with E-state index in [4.69, 9.17) is 0 Å². The molecule has 3 aromatic rings. The maximum absolute atomic E-state index is 14.2. The maximum Gasteiger partial charge on any atom is 0.254 e. The zero-order valence-corrected chi connectivity index (χ0v) is 15.4. The highest BCUT2D eigenvalue weighted by Crippen LogP contribution is 2.48. The Hall–Kier alpha value is -2.73. The van der Waals surface area contributed by atoms with Gasteiger partial charge in [0.05, 0.1) is 11.6 Å². The van der Waals surface area contributed by atoms with E-state index in [9.17, 15) is 9.18 Å². The molecule has 0 saturated carbocycles. The topological polar surface area (TPSA) is 50.2 Å². The summed E-state index contributed by atoms with van der Waals surface area (Å²) >= 11 is 0. The number of amides is 1. The summed E-state index contributed by atoms with van der Waals surface area (Å²) in [5.74, 6) is -0.469. The molecule has 0 aliphatic carbocycles. The number of aromatic nitrogens is 2. The van der Waals surface area contributed by atoms with Gasteiger partial charge >= 0.3 is 0 Å². The van der Waals surface area contributed by atoms with Gasteiger partial charge in [0.25, 0.3) is 5.91 Å². The van der Waals surface area contributed by atoms with Crippen molar-refractivity contribution in [3.63, 3.8) is 0 Å². The van der Waals surface area contributed by atoms with Crippen LogP contribution in [0.2, 0.25) is 0 Å². The Morgan fingerprint density at radius 2 is 2.19 bits per heavy atom. The summed E-state index contributed by atoms with van der Waals surface area (Å²) in [6, 6.07) is 9.08. The molecule has 6 heteroatoms. The molecular weight excluding hydrogens is 343 g/mol. The van der Waals surface area contributed by atoms with Gasteiger partial charge in [-0.1, -0.05) is 6.07 Å². The molecule has 2 unspecified atom stereocenters. The number of benzene rings is 1. The van der Waals surface area contributed by atoms with Crippen molar-refractivity contribution >= 4 is 16.9 Å². The van der Waals surface area contributed by atoms with Gasteiger partial charge in [0.2, 0.25) is 0 Å². The monoisotopic (exact) mass is 364 g/mol. The molecule has 0 fully saturated rings. The third-order valence-corrected chi connectivity index (χ3v) is 5.92. The molecule has 27 heavy (non-hydrogen) atoms. The zero-order chi connectivity index (χ0) is 18.7. The average Bonchev–Trinajstić information content (AvgIpc) is 3.21. The SMILES string of the molecule is CNC(=O)c1cc(C2CC3CN(C)Cc4c3n2c2ncccc42)ccc1F. The van der Waals surface area contributed by atoms with Crippen molar-refractivity contribution in [2.24, 2.45) is 0 Å². The molecule has 0 bridgehead atoms. The van der Waals surface area contributed by atoms with E-state index in [-0.39, 0.29) is 11.6 Å². The Bertz CT molecular complexity index is 1070. The van der Waals surface area contributed by atoms with Crippen LogP contribution < -0.4 is 5.32 Å². The molecule has 0 saturated heterocycles. The predicted octanol–water partition coefficient (Wildman–Crippen LogP) is 3.06. The first-order valence-corrected chi connectivity index (χ1v) is 9.26. The minimum Gasteiger partial charge on any atom is -0.355 e. The van der Waals surface area contributed by atoms with Crippen molar-refractivity contribution in [1.29, 1.82) is 0 Å². The number of hydrogen-bond acceptors (Lipinski definition) is 3. The van der Waals surface area contributed by atoms with E-state index in [1.54, 1.807) is 12.1 Å². The minimum absolute atomic E-state index is 0.0617. The van der Waals surface area contributed by atoms with Gasteiger partial charge in [0.1, 0.15) is 11.5 Å². The fraction of sp³-hybridized carbons (Fsp3) is 0.333. The molecule has 2 aliphatic heterocycles. The molecule has 2 atom stereocenters. The lowest BCUT2D eigenvalue weighted by Crippen LogP contribution is -2.28. The van der Waals surface area contributed by atoms with Crippen LogP contribution in [0.5, 0.6) is 0 Å². The fourth-order valence-electron chi connectivity index (χ4n) is 4.85. The maximum atomic E-state index is 14.2. The number of fused-ring (bicyclic) bond motifs is 3. The number of carbonyl (C=O) groups excluding carboxylic acids is 1. The Kier molecular flexibility index (Phi) is 3.59. The molecule has 0 radical (unpaired) electrons. The molecule has 5 nitrogen and oxygen atoms in total. The second-order valence-electron chi connectivity index (χ2n) is 7.57. The lowest BCUT2D eigenvalue weighted by atomic mass is 9.91. The summed E-state index contributed by atoms with van der Waals surface area (Å²) in [5.41, 5.74) is 4.75. The number of rotatable bonds is 2. The Labute approximate surface area is 156 Å². The van der Waals surface area contributed by atoms with Crippen LogP contribution in [0.1, 0.15) is 45.6 Å². The summed E-state index contributed by atoms with van der Waals surface area (Å²) in [6.07, 6.45) is 2.77. The molecule has 138 valence electrons. The van der Waals surface area contributed by atoms with Gasteiger partial charge in [-0.25, -0.2) is 9.37 Å². The van der Waals surface area contributed by atoms with Crippen LogP contribution in [0.3, 0.4) is 0 Å². The average molecular weight is 364 g/mol. The fourth-order valence-corrected chi connectivity index (χ4v) is 4.85. The molecular formula is C21H21FN4O. The number of nitrogens with zero attached hydrogens (tertiary/aromatic N) is 3. The number of carbonyl (C=O) groups is 1. The summed E-state index contributed by atoms with van der Waals surface area (Å²) in [6.45, 7) is 1.92. The molecule has 0 spiro atoms. The number of pyridine rings is 1. The Balaban J connectivity index is 1.70. The molecule has 4 heterocycles. The molecule has 1 N–H and O–H groups in total. The lowest BCUT2D eigenvalue weighted by molar-refractivity contribution is 0.0959. The highest BCUT2D eigenvalue weighted by atomic mass is 19.1. The predicted molar refractivity (Wildman–Crippen MR) is 101 cm³/mol. The van der Waals surface area contributed by atoms with E-state index >= 15 is 0 Å². The van der Waals surface area contributed by atoms with Gasteiger partial charge in [-0.15, -0.1) is 0 Å². The summed E-state index contributed by atoms with van der Waals surface area (Å²) in [7, 11) is 3.67. The number of likely N-dealkylation sites (N-methyl/N-ethyl adjacent to an activating group) is 1. The van der Waals surface area contributed by atoms with Crippen molar-refractivity contribution in [2.75, 3.05) is 20.6 Å². The first kappa shape index (κ1) is 16.4. The normalized spacial score (nSPS) is 21.4. The van der Waals surface area contributed by atoms with Gasteiger partial charge in [-0.3, -0.25) is 4.79 Å². The van der Waals surface area contributed by atoms with Crippen LogP contribution in [-0.2, 0) is 6.54 Å². The van der Waals surface area contributed by atoms with E-state index in [1.165, 1.54) is 29.8 Å². The van der Waals surface area contributed by atoms with Crippen LogP contribution >= 0.6 is 0 Å². The third-order valence-electron chi connectivity index (χ3n) is 5.92. The van der Waals surface area contributed by atoms with E-state index in [0.29, 0.717) is 5.92 Å². The number of halogens is 1. The summed E-state index contributed by atoms with van der Waals surface area (Å²) in [5, 5.41) is 3.72. The van der Waals surface area contributed by atoms with E-state index < -0.39 is 11.7 Å². The number of hydrogen-bond donors (Lipinski definition) is 1. The molecule has 5 rings (SSSR count). The molecule has 2 aromatic heterocycles. The van der Waals surface area contributed by atoms with Crippen LogP contribution in [0.15, 0.2) is 36.5 Å². The van der Waals surface area contributed by atoms with Crippen LogP contribution in [-0.4, -0.2) is 41.0 Å². The lowest BCUT2D eigenvalue weighted by Gasteiger charge is -2.27. The summed E-state index contributed by atoms with van der Waals surface area (Å²) < 4.78 is 16.5. The summed E-state index contributed by atoms with van der Waals surface area (Å²) in [4.78, 5) is 19.1. The second-order valence-corrected chi connectivity index (χ2v) is 7.57. The minimum atomic E-state index is -0.493. The van der Waals surface area contributed by atoms with Gasteiger partial charge < -0.3 is 14.8 Å². The van der Waals surface area contributed by atoms with Crippen LogP contribution in [0.25, 0.3) is 11.0 Å². The van der Waals surface area contributed by atoms with Gasteiger partial charge in [-0.2, -0.15) is 0 Å². The van der Waals surface area contributed by atoms with Crippen molar-refractivity contribution < 1.29 is 9.18 Å². The van der Waals surface area contributed by atoms with Gasteiger partial charge in [0.15, 0.2) is 0 Å². The molecule has 1 amide bonds. The molecule has 1 aromatic carbocycles. The van der Waals surface area contributed by atoms with Crippen molar-refractivity contribution in [2.45, 2.75) is 24.9 Å². The highest BCUT2D eigenvalue weighted by Gasteiger charge is 2.40. The highest BCUT2D eigenvalue weighted by molar-refractivity contribution is 5.94. The van der Waals surface area contributed by atoms with Crippen molar-refractivity contribution in [3.8, 4) is 0 Å². The smallest absolute Gasteiger partial charge is 0.254 e. The molecule has 2 aliphatic rings. The van der Waals surface area contributed by atoms with Crippen molar-refractivity contribution in [1.82, 2.24) is 19.8 Å². The Morgan fingerprint density at radius 1 is 1.33 bits per heavy atom. The van der Waals surface area contributed by atoms with E-state index in [0.717, 1.165) is 30.7 Å². The Morgan fingerprint density at radius 3 is 3.00 bits per heavy atom. The third kappa shape index (κ3) is 2.33. The van der Waals surface area contributed by atoms with E-state index in [1.807, 2.05) is 12.3 Å².